The van der Waals surface area contributed by atoms with Gasteiger partial charge in [0.05, 0.1) is 12.5 Å². The predicted molar refractivity (Wildman–Crippen MR) is 95.5 cm³/mol. The molecule has 1 aliphatic heterocycles. The van der Waals surface area contributed by atoms with Gasteiger partial charge in [-0.25, -0.2) is 4.39 Å². The van der Waals surface area contributed by atoms with Gasteiger partial charge in [-0.15, -0.1) is 0 Å². The third kappa shape index (κ3) is 5.16. The van der Waals surface area contributed by atoms with Crippen molar-refractivity contribution in [3.8, 4) is 0 Å². The van der Waals surface area contributed by atoms with Crippen LogP contribution in [-0.2, 0) is 14.3 Å². The topological polar surface area (TPSA) is 49.9 Å². The van der Waals surface area contributed by atoms with Crippen LogP contribution < -0.4 is 4.90 Å². The average Bonchev–Trinajstić information content (AvgIpc) is 2.52. The van der Waals surface area contributed by atoms with Crippen LogP contribution >= 0.6 is 11.6 Å². The summed E-state index contributed by atoms with van der Waals surface area (Å²) < 4.78 is 18.7. The molecule has 0 N–H and O–H groups in total. The Labute approximate surface area is 152 Å². The standard InChI is InChI=1S/C18H24ClFN2O3/c1-12-10-21(18(24)14(11-25-3)6-13(2)23)4-5-22(12)17-8-15(19)7-16(20)9-17/h7-9,12,14H,4-6,10-11H2,1-3H3/t12-,14?/m0/s1. The minimum Gasteiger partial charge on any atom is -0.384 e. The number of hydrogen-bond donors (Lipinski definition) is 0. The highest BCUT2D eigenvalue weighted by atomic mass is 35.5. The van der Waals surface area contributed by atoms with Gasteiger partial charge in [-0.2, -0.15) is 0 Å². The van der Waals surface area contributed by atoms with E-state index in [1.54, 1.807) is 11.0 Å². The number of rotatable bonds is 6. The van der Waals surface area contributed by atoms with E-state index in [1.807, 2.05) is 11.8 Å². The molecule has 0 spiro atoms. The fourth-order valence-corrected chi connectivity index (χ4v) is 3.49. The molecule has 1 aromatic rings. The minimum absolute atomic E-state index is 0.0103. The van der Waals surface area contributed by atoms with Gasteiger partial charge in [-0.1, -0.05) is 11.6 Å². The van der Waals surface area contributed by atoms with E-state index in [4.69, 9.17) is 16.3 Å². The second-order valence-corrected chi connectivity index (χ2v) is 6.95. The maximum atomic E-state index is 13.6. The zero-order valence-corrected chi connectivity index (χ0v) is 15.6. The predicted octanol–water partition coefficient (Wildman–Crippen LogP) is 2.76. The number of ether oxygens (including phenoxy) is 1. The van der Waals surface area contributed by atoms with E-state index in [1.165, 1.54) is 26.2 Å². The maximum Gasteiger partial charge on any atom is 0.228 e. The van der Waals surface area contributed by atoms with E-state index in [2.05, 4.69) is 0 Å². The van der Waals surface area contributed by atoms with Gasteiger partial charge in [0.2, 0.25) is 5.91 Å². The monoisotopic (exact) mass is 370 g/mol. The number of ketones is 1. The lowest BCUT2D eigenvalue weighted by molar-refractivity contribution is -0.140. The Balaban J connectivity index is 2.07. The van der Waals surface area contributed by atoms with Crippen LogP contribution in [0.2, 0.25) is 5.02 Å². The summed E-state index contributed by atoms with van der Waals surface area (Å²) in [5, 5.41) is 0.349. The lowest BCUT2D eigenvalue weighted by atomic mass is 10.0. The molecule has 7 heteroatoms. The number of amides is 1. The van der Waals surface area contributed by atoms with Crippen molar-refractivity contribution in [3.63, 3.8) is 0 Å². The van der Waals surface area contributed by atoms with Crippen molar-refractivity contribution in [1.29, 1.82) is 0 Å². The van der Waals surface area contributed by atoms with Crippen molar-refractivity contribution in [2.24, 2.45) is 5.92 Å². The molecule has 1 aromatic carbocycles. The summed E-state index contributed by atoms with van der Waals surface area (Å²) in [5.74, 6) is -0.933. The Bertz CT molecular complexity index is 620. The summed E-state index contributed by atoms with van der Waals surface area (Å²) in [4.78, 5) is 27.9. The van der Waals surface area contributed by atoms with Gasteiger partial charge in [0.25, 0.3) is 0 Å². The first kappa shape index (κ1) is 19.7. The molecule has 1 fully saturated rings. The Morgan fingerprint density at radius 1 is 1.36 bits per heavy atom. The van der Waals surface area contributed by atoms with Crippen LogP contribution in [0.25, 0.3) is 0 Å². The van der Waals surface area contributed by atoms with Crippen molar-refractivity contribution in [2.45, 2.75) is 26.3 Å². The first-order valence-electron chi connectivity index (χ1n) is 8.31. The molecule has 1 heterocycles. The van der Waals surface area contributed by atoms with Crippen LogP contribution in [0.4, 0.5) is 10.1 Å². The third-order valence-electron chi connectivity index (χ3n) is 4.37. The van der Waals surface area contributed by atoms with Crippen LogP contribution in [0, 0.1) is 11.7 Å². The van der Waals surface area contributed by atoms with Crippen molar-refractivity contribution < 1.29 is 18.7 Å². The number of hydrogen-bond acceptors (Lipinski definition) is 4. The van der Waals surface area contributed by atoms with E-state index in [0.717, 1.165) is 0 Å². The summed E-state index contributed by atoms with van der Waals surface area (Å²) in [6.45, 7) is 5.28. The number of methoxy groups -OCH3 is 1. The smallest absolute Gasteiger partial charge is 0.228 e. The van der Waals surface area contributed by atoms with E-state index in [0.29, 0.717) is 30.3 Å². The minimum atomic E-state index is -0.454. The average molecular weight is 371 g/mol. The van der Waals surface area contributed by atoms with Crippen LogP contribution in [-0.4, -0.2) is 56.0 Å². The molecule has 0 bridgehead atoms. The highest BCUT2D eigenvalue weighted by molar-refractivity contribution is 6.30. The normalized spacial score (nSPS) is 19.0. The van der Waals surface area contributed by atoms with Gasteiger partial charge < -0.3 is 19.3 Å². The summed E-state index contributed by atoms with van der Waals surface area (Å²) in [6.07, 6.45) is 0.181. The first-order valence-corrected chi connectivity index (χ1v) is 8.69. The van der Waals surface area contributed by atoms with Gasteiger partial charge in [0, 0.05) is 49.9 Å². The summed E-state index contributed by atoms with van der Waals surface area (Å²) in [5.41, 5.74) is 0.710. The Kier molecular flexibility index (Phi) is 6.79. The van der Waals surface area contributed by atoms with Crippen molar-refractivity contribution >= 4 is 29.0 Å². The van der Waals surface area contributed by atoms with Gasteiger partial charge in [0.1, 0.15) is 11.6 Å². The number of carbonyl (C=O) groups is 2. The summed E-state index contributed by atoms with van der Waals surface area (Å²) >= 11 is 5.94. The fraction of sp³-hybridized carbons (Fsp3) is 0.556. The maximum absolute atomic E-state index is 13.6. The van der Waals surface area contributed by atoms with Crippen LogP contribution in [0.15, 0.2) is 18.2 Å². The molecule has 1 aliphatic rings. The zero-order valence-electron chi connectivity index (χ0n) is 14.8. The number of carbonyl (C=O) groups excluding carboxylic acids is 2. The van der Waals surface area contributed by atoms with E-state index < -0.39 is 5.92 Å². The number of benzene rings is 1. The molecule has 5 nitrogen and oxygen atoms in total. The molecule has 2 atom stereocenters. The van der Waals surface area contributed by atoms with E-state index >= 15 is 0 Å². The molecule has 1 unspecified atom stereocenters. The quantitative estimate of drug-likeness (QED) is 0.772. The van der Waals surface area contributed by atoms with E-state index in [-0.39, 0.29) is 36.6 Å². The molecule has 0 saturated carbocycles. The van der Waals surface area contributed by atoms with E-state index in [9.17, 15) is 14.0 Å². The van der Waals surface area contributed by atoms with Crippen LogP contribution in [0.3, 0.4) is 0 Å². The SMILES string of the molecule is COCC(CC(C)=O)C(=O)N1CCN(c2cc(F)cc(Cl)c2)[C@@H](C)C1. The second-order valence-electron chi connectivity index (χ2n) is 6.51. The zero-order chi connectivity index (χ0) is 18.6. The lowest BCUT2D eigenvalue weighted by Gasteiger charge is -2.42. The Hall–Kier alpha value is -1.66. The van der Waals surface area contributed by atoms with Gasteiger partial charge in [-0.05, 0) is 32.0 Å². The molecule has 138 valence electrons. The van der Waals surface area contributed by atoms with Crippen LogP contribution in [0.1, 0.15) is 20.3 Å². The van der Waals surface area contributed by atoms with Crippen molar-refractivity contribution in [3.05, 3.63) is 29.0 Å². The molecule has 1 amide bonds. The molecule has 0 aliphatic carbocycles. The molecule has 0 radical (unpaired) electrons. The Morgan fingerprint density at radius 3 is 2.64 bits per heavy atom. The fourth-order valence-electron chi connectivity index (χ4n) is 3.27. The van der Waals surface area contributed by atoms with Gasteiger partial charge >= 0.3 is 0 Å². The first-order chi connectivity index (χ1) is 11.8. The molecule has 0 aromatic heterocycles. The van der Waals surface area contributed by atoms with Crippen LogP contribution in [0.5, 0.6) is 0 Å². The summed E-state index contributed by atoms with van der Waals surface area (Å²) in [7, 11) is 1.52. The highest BCUT2D eigenvalue weighted by Gasteiger charge is 2.31. The molecular formula is C18H24ClFN2O3. The third-order valence-corrected chi connectivity index (χ3v) is 4.59. The molecule has 2 rings (SSSR count). The lowest BCUT2D eigenvalue weighted by Crippen LogP contribution is -2.55. The highest BCUT2D eigenvalue weighted by Crippen LogP contribution is 2.26. The van der Waals surface area contributed by atoms with Crippen molar-refractivity contribution in [2.75, 3.05) is 38.3 Å². The van der Waals surface area contributed by atoms with Gasteiger partial charge in [0.15, 0.2) is 0 Å². The number of Topliss-reactive ketones (excluding diaryl/α,β-unsaturated/α-hetero) is 1. The second kappa shape index (κ2) is 8.63. The number of piperazine rings is 1. The largest absolute Gasteiger partial charge is 0.384 e. The Morgan fingerprint density at radius 2 is 2.08 bits per heavy atom. The number of anilines is 1. The molecular weight excluding hydrogens is 347 g/mol. The molecule has 1 saturated heterocycles. The number of halogens is 2. The van der Waals surface area contributed by atoms with Gasteiger partial charge in [-0.3, -0.25) is 4.79 Å². The number of nitrogens with zero attached hydrogens (tertiary/aromatic N) is 2. The summed E-state index contributed by atoms with van der Waals surface area (Å²) in [6, 6.07) is 4.45. The molecule has 25 heavy (non-hydrogen) atoms. The van der Waals surface area contributed by atoms with Crippen molar-refractivity contribution in [1.82, 2.24) is 4.90 Å².